The first-order valence-electron chi connectivity index (χ1n) is 6.81. The van der Waals surface area contributed by atoms with Crippen molar-refractivity contribution in [2.75, 3.05) is 6.54 Å². The van der Waals surface area contributed by atoms with Crippen LogP contribution in [0, 0.1) is 11.8 Å². The molecule has 1 fully saturated rings. The molecule has 0 N–H and O–H groups in total. The zero-order valence-electron chi connectivity index (χ0n) is 10.8. The molecule has 5 nitrogen and oxygen atoms in total. The molecule has 5 heteroatoms. The Morgan fingerprint density at radius 1 is 1.11 bits per heavy atom. The van der Waals surface area contributed by atoms with Gasteiger partial charge in [-0.2, -0.15) is 0 Å². The van der Waals surface area contributed by atoms with Crippen LogP contribution in [-0.4, -0.2) is 29.2 Å². The van der Waals surface area contributed by atoms with Crippen molar-refractivity contribution in [1.29, 1.82) is 0 Å². The number of nitrogens with zero attached hydrogens (tertiary/aromatic N) is 1. The maximum atomic E-state index is 12.1. The van der Waals surface area contributed by atoms with Crippen molar-refractivity contribution in [2.24, 2.45) is 11.8 Å². The van der Waals surface area contributed by atoms with Gasteiger partial charge in [-0.05, 0) is 32.1 Å². The van der Waals surface area contributed by atoms with Crippen LogP contribution in [0.1, 0.15) is 38.5 Å². The van der Waals surface area contributed by atoms with Gasteiger partial charge in [0.1, 0.15) is 0 Å². The molecular formula is C14H18NO4-. The standard InChI is InChI=1S/C14H19NO4/c16-12(17)8-2-1-5-9-15-13(18)10-6-3-4-7-11(10)14(15)19/h3-4,10-11H,1-2,5-9H2,(H,16,17)/p-1/t10-,11+. The van der Waals surface area contributed by atoms with E-state index in [2.05, 4.69) is 0 Å². The smallest absolute Gasteiger partial charge is 0.233 e. The number of hydrogen-bond acceptors (Lipinski definition) is 4. The van der Waals surface area contributed by atoms with Gasteiger partial charge < -0.3 is 9.90 Å². The van der Waals surface area contributed by atoms with Crippen molar-refractivity contribution in [3.8, 4) is 0 Å². The molecule has 0 radical (unpaired) electrons. The Hall–Kier alpha value is -1.65. The zero-order valence-corrected chi connectivity index (χ0v) is 10.8. The zero-order chi connectivity index (χ0) is 13.8. The SMILES string of the molecule is O=C([O-])CCCCCN1C(=O)[C@H]2CC=CC[C@H]2C1=O. The number of carbonyl (C=O) groups excluding carboxylic acids is 3. The Morgan fingerprint density at radius 3 is 2.21 bits per heavy atom. The molecule has 2 rings (SSSR count). The first-order chi connectivity index (χ1) is 9.11. The van der Waals surface area contributed by atoms with Crippen LogP contribution in [0.4, 0.5) is 0 Å². The van der Waals surface area contributed by atoms with Crippen molar-refractivity contribution < 1.29 is 19.5 Å². The van der Waals surface area contributed by atoms with Crippen LogP contribution < -0.4 is 5.11 Å². The summed E-state index contributed by atoms with van der Waals surface area (Å²) in [6.07, 6.45) is 7.19. The van der Waals surface area contributed by atoms with Gasteiger partial charge in [0.15, 0.2) is 0 Å². The van der Waals surface area contributed by atoms with Crippen LogP contribution in [0.15, 0.2) is 12.2 Å². The molecule has 2 atom stereocenters. The molecule has 0 aromatic carbocycles. The van der Waals surface area contributed by atoms with Crippen LogP contribution in [0.3, 0.4) is 0 Å². The summed E-state index contributed by atoms with van der Waals surface area (Å²) in [5, 5.41) is 10.3. The Bertz CT molecular complexity index is 390. The second kappa shape index (κ2) is 5.99. The molecule has 1 aliphatic heterocycles. The number of amides is 2. The monoisotopic (exact) mass is 264 g/mol. The van der Waals surface area contributed by atoms with E-state index in [1.165, 1.54) is 4.90 Å². The van der Waals surface area contributed by atoms with Crippen molar-refractivity contribution in [3.05, 3.63) is 12.2 Å². The molecule has 1 heterocycles. The first-order valence-corrected chi connectivity index (χ1v) is 6.81. The number of allylic oxidation sites excluding steroid dienone is 2. The Labute approximate surface area is 112 Å². The second-order valence-electron chi connectivity index (χ2n) is 5.17. The number of rotatable bonds is 6. The summed E-state index contributed by atoms with van der Waals surface area (Å²) in [4.78, 5) is 35.8. The molecule has 19 heavy (non-hydrogen) atoms. The third kappa shape index (κ3) is 3.03. The minimum absolute atomic E-state index is 0.0388. The average molecular weight is 264 g/mol. The lowest BCUT2D eigenvalue weighted by molar-refractivity contribution is -0.305. The van der Waals surface area contributed by atoms with Crippen molar-refractivity contribution in [1.82, 2.24) is 4.90 Å². The van der Waals surface area contributed by atoms with Gasteiger partial charge in [0, 0.05) is 12.5 Å². The second-order valence-corrected chi connectivity index (χ2v) is 5.17. The van der Waals surface area contributed by atoms with Gasteiger partial charge >= 0.3 is 0 Å². The van der Waals surface area contributed by atoms with Crippen LogP contribution >= 0.6 is 0 Å². The summed E-state index contributed by atoms with van der Waals surface area (Å²) in [6.45, 7) is 0.414. The summed E-state index contributed by atoms with van der Waals surface area (Å²) >= 11 is 0. The highest BCUT2D eigenvalue weighted by molar-refractivity contribution is 6.05. The molecule has 104 valence electrons. The number of hydrogen-bond donors (Lipinski definition) is 0. The van der Waals surface area contributed by atoms with Gasteiger partial charge in [-0.3, -0.25) is 14.5 Å². The molecular weight excluding hydrogens is 246 g/mol. The summed E-state index contributed by atoms with van der Waals surface area (Å²) < 4.78 is 0. The van der Waals surface area contributed by atoms with E-state index in [1.54, 1.807) is 0 Å². The van der Waals surface area contributed by atoms with E-state index < -0.39 is 5.97 Å². The number of carboxylic acids is 1. The molecule has 2 aliphatic rings. The third-order valence-electron chi connectivity index (χ3n) is 3.86. The van der Waals surface area contributed by atoms with Gasteiger partial charge in [-0.25, -0.2) is 0 Å². The van der Waals surface area contributed by atoms with E-state index in [0.29, 0.717) is 38.6 Å². The molecule has 1 aliphatic carbocycles. The average Bonchev–Trinajstić information content (AvgIpc) is 2.63. The lowest BCUT2D eigenvalue weighted by Gasteiger charge is -2.14. The molecule has 2 amide bonds. The molecule has 0 aromatic rings. The number of imide groups is 1. The van der Waals surface area contributed by atoms with Gasteiger partial charge in [-0.1, -0.05) is 18.6 Å². The fourth-order valence-corrected chi connectivity index (χ4v) is 2.81. The van der Waals surface area contributed by atoms with Crippen LogP contribution in [0.5, 0.6) is 0 Å². The van der Waals surface area contributed by atoms with Gasteiger partial charge in [0.05, 0.1) is 11.8 Å². The molecule has 0 saturated carbocycles. The maximum Gasteiger partial charge on any atom is 0.233 e. The minimum atomic E-state index is -1.05. The Morgan fingerprint density at radius 2 is 1.68 bits per heavy atom. The van der Waals surface area contributed by atoms with E-state index in [0.717, 1.165) is 0 Å². The lowest BCUT2D eigenvalue weighted by Crippen LogP contribution is -2.32. The van der Waals surface area contributed by atoms with Gasteiger partial charge in [0.25, 0.3) is 0 Å². The third-order valence-corrected chi connectivity index (χ3v) is 3.86. The highest BCUT2D eigenvalue weighted by atomic mass is 16.4. The molecule has 0 bridgehead atoms. The van der Waals surface area contributed by atoms with Crippen LogP contribution in [0.25, 0.3) is 0 Å². The van der Waals surface area contributed by atoms with Gasteiger partial charge in [-0.15, -0.1) is 0 Å². The maximum absolute atomic E-state index is 12.1. The molecule has 0 spiro atoms. The largest absolute Gasteiger partial charge is 0.550 e. The number of carboxylic acid groups (broad SMARTS) is 1. The Kier molecular flexibility index (Phi) is 4.35. The molecule has 0 unspecified atom stereocenters. The van der Waals surface area contributed by atoms with Crippen LogP contribution in [0.2, 0.25) is 0 Å². The highest BCUT2D eigenvalue weighted by Gasteiger charge is 2.46. The van der Waals surface area contributed by atoms with E-state index in [9.17, 15) is 19.5 Å². The van der Waals surface area contributed by atoms with Gasteiger partial charge in [0.2, 0.25) is 11.8 Å². The number of unbranched alkanes of at least 4 members (excludes halogenated alkanes) is 2. The quantitative estimate of drug-likeness (QED) is 0.391. The predicted molar refractivity (Wildman–Crippen MR) is 65.5 cm³/mol. The molecule has 0 aromatic heterocycles. The molecule has 1 saturated heterocycles. The fourth-order valence-electron chi connectivity index (χ4n) is 2.81. The number of carbonyl (C=O) groups is 3. The van der Waals surface area contributed by atoms with Crippen molar-refractivity contribution in [3.63, 3.8) is 0 Å². The summed E-state index contributed by atoms with van der Waals surface area (Å²) in [7, 11) is 0. The number of aliphatic carboxylic acids is 1. The normalized spacial score (nSPS) is 25.8. The Balaban J connectivity index is 1.80. The van der Waals surface area contributed by atoms with E-state index in [4.69, 9.17) is 0 Å². The van der Waals surface area contributed by atoms with E-state index in [-0.39, 0.29) is 30.1 Å². The minimum Gasteiger partial charge on any atom is -0.550 e. The topological polar surface area (TPSA) is 77.5 Å². The first kappa shape index (κ1) is 13.8. The van der Waals surface area contributed by atoms with Crippen molar-refractivity contribution >= 4 is 17.8 Å². The van der Waals surface area contributed by atoms with Crippen molar-refractivity contribution in [2.45, 2.75) is 38.5 Å². The number of likely N-dealkylation sites (tertiary alicyclic amines) is 1. The van der Waals surface area contributed by atoms with E-state index >= 15 is 0 Å². The number of fused-ring (bicyclic) bond motifs is 1. The fraction of sp³-hybridized carbons (Fsp3) is 0.643. The summed E-state index contributed by atoms with van der Waals surface area (Å²) in [6, 6.07) is 0. The summed E-state index contributed by atoms with van der Waals surface area (Å²) in [5.74, 6) is -1.50. The summed E-state index contributed by atoms with van der Waals surface area (Å²) in [5.41, 5.74) is 0. The lowest BCUT2D eigenvalue weighted by atomic mass is 9.85. The van der Waals surface area contributed by atoms with Crippen LogP contribution in [-0.2, 0) is 14.4 Å². The highest BCUT2D eigenvalue weighted by Crippen LogP contribution is 2.35. The predicted octanol–water partition coefficient (Wildman–Crippen LogP) is 0.248. The van der Waals surface area contributed by atoms with E-state index in [1.807, 2.05) is 12.2 Å².